The number of hydrogen-bond acceptors (Lipinski definition) is 3. The Labute approximate surface area is 92.0 Å². The van der Waals surface area contributed by atoms with Crippen molar-refractivity contribution >= 4 is 35.0 Å². The third kappa shape index (κ3) is 2.82. The molecule has 0 spiro atoms. The first-order valence-electron chi connectivity index (χ1n) is 4.02. The van der Waals surface area contributed by atoms with Crippen LogP contribution in [-0.4, -0.2) is 18.7 Å². The van der Waals surface area contributed by atoms with Gasteiger partial charge in [0.15, 0.2) is 0 Å². The van der Waals surface area contributed by atoms with Crippen LogP contribution in [0.2, 0.25) is 5.02 Å². The summed E-state index contributed by atoms with van der Waals surface area (Å²) in [6, 6.07) is 5.30. The number of thioether (sulfide) groups is 1. The molecule has 0 aromatic heterocycles. The third-order valence-corrected chi connectivity index (χ3v) is 3.20. The van der Waals surface area contributed by atoms with Crippen molar-refractivity contribution in [3.8, 4) is 0 Å². The average Bonchev–Trinajstić information content (AvgIpc) is 2.16. The van der Waals surface area contributed by atoms with Crippen LogP contribution >= 0.6 is 23.4 Å². The number of hydrogen-bond donors (Lipinski definition) is 2. The minimum Gasteiger partial charge on any atom is -0.398 e. The van der Waals surface area contributed by atoms with Gasteiger partial charge in [0.25, 0.3) is 0 Å². The second kappa shape index (κ2) is 5.12. The smallest absolute Gasteiger partial charge is 0.230 e. The summed E-state index contributed by atoms with van der Waals surface area (Å²) in [6.07, 6.45) is 0. The largest absolute Gasteiger partial charge is 0.398 e. The summed E-state index contributed by atoms with van der Waals surface area (Å²) in [5, 5.41) is 3.11. The van der Waals surface area contributed by atoms with Crippen LogP contribution in [0.5, 0.6) is 0 Å². The highest BCUT2D eigenvalue weighted by molar-refractivity contribution is 8.00. The van der Waals surface area contributed by atoms with Gasteiger partial charge in [0.05, 0.1) is 10.8 Å². The zero-order chi connectivity index (χ0) is 10.6. The highest BCUT2D eigenvalue weighted by Crippen LogP contribution is 2.31. The Morgan fingerprint density at radius 1 is 1.64 bits per heavy atom. The number of halogens is 1. The van der Waals surface area contributed by atoms with Gasteiger partial charge in [-0.1, -0.05) is 17.7 Å². The number of benzene rings is 1. The first-order chi connectivity index (χ1) is 6.65. The molecule has 76 valence electrons. The lowest BCUT2D eigenvalue weighted by molar-refractivity contribution is -0.118. The Morgan fingerprint density at radius 2 is 2.36 bits per heavy atom. The third-order valence-electron chi connectivity index (χ3n) is 1.62. The van der Waals surface area contributed by atoms with Gasteiger partial charge in [0.2, 0.25) is 5.91 Å². The number of nitrogens with one attached hydrogen (secondary N) is 1. The van der Waals surface area contributed by atoms with Gasteiger partial charge in [-0.2, -0.15) is 0 Å². The molecule has 0 bridgehead atoms. The summed E-state index contributed by atoms with van der Waals surface area (Å²) in [7, 11) is 1.60. The lowest BCUT2D eigenvalue weighted by Gasteiger charge is -2.06. The van der Waals surface area contributed by atoms with E-state index in [1.165, 1.54) is 11.8 Å². The maximum absolute atomic E-state index is 11.0. The maximum Gasteiger partial charge on any atom is 0.230 e. The molecule has 0 fully saturated rings. The number of carbonyl (C=O) groups excluding carboxylic acids is 1. The Morgan fingerprint density at radius 3 is 2.93 bits per heavy atom. The molecule has 3 nitrogen and oxygen atoms in total. The van der Waals surface area contributed by atoms with Gasteiger partial charge in [-0.3, -0.25) is 4.79 Å². The van der Waals surface area contributed by atoms with E-state index in [0.717, 1.165) is 4.90 Å². The summed E-state index contributed by atoms with van der Waals surface area (Å²) in [5.74, 6) is 0.277. The van der Waals surface area contributed by atoms with Crippen molar-refractivity contribution in [1.82, 2.24) is 5.32 Å². The fourth-order valence-electron chi connectivity index (χ4n) is 0.888. The van der Waals surface area contributed by atoms with E-state index >= 15 is 0 Å². The fraction of sp³-hybridized carbons (Fsp3) is 0.222. The number of nitrogen functional groups attached to an aromatic ring is 1. The monoisotopic (exact) mass is 230 g/mol. The molecule has 0 aliphatic carbocycles. The number of carbonyl (C=O) groups is 1. The molecule has 1 aromatic carbocycles. The summed E-state index contributed by atoms with van der Waals surface area (Å²) in [4.78, 5) is 11.8. The van der Waals surface area contributed by atoms with Crippen LogP contribution in [0.15, 0.2) is 23.1 Å². The quantitative estimate of drug-likeness (QED) is 0.615. The van der Waals surface area contributed by atoms with Crippen molar-refractivity contribution in [3.63, 3.8) is 0 Å². The van der Waals surface area contributed by atoms with Crippen LogP contribution in [0.25, 0.3) is 0 Å². The van der Waals surface area contributed by atoms with Crippen LogP contribution in [0, 0.1) is 0 Å². The number of nitrogens with two attached hydrogens (primary N) is 1. The standard InChI is InChI=1S/C9H11ClN2OS/c1-12-8(13)5-14-9-6(10)3-2-4-7(9)11/h2-4H,5,11H2,1H3,(H,12,13). The van der Waals surface area contributed by atoms with E-state index < -0.39 is 0 Å². The van der Waals surface area contributed by atoms with E-state index in [1.807, 2.05) is 0 Å². The lowest BCUT2D eigenvalue weighted by Crippen LogP contribution is -2.19. The minimum absolute atomic E-state index is 0.0469. The average molecular weight is 231 g/mol. The van der Waals surface area contributed by atoms with Gasteiger partial charge in [-0.05, 0) is 12.1 Å². The van der Waals surface area contributed by atoms with E-state index in [9.17, 15) is 4.79 Å². The summed E-state index contributed by atoms with van der Waals surface area (Å²) >= 11 is 7.26. The molecule has 0 aliphatic rings. The second-order valence-electron chi connectivity index (χ2n) is 2.62. The second-order valence-corrected chi connectivity index (χ2v) is 4.01. The Hall–Kier alpha value is -0.870. The van der Waals surface area contributed by atoms with Crippen molar-refractivity contribution in [2.24, 2.45) is 0 Å². The topological polar surface area (TPSA) is 55.1 Å². The van der Waals surface area contributed by atoms with E-state index in [2.05, 4.69) is 5.32 Å². The SMILES string of the molecule is CNC(=O)CSc1c(N)cccc1Cl. The van der Waals surface area contributed by atoms with Gasteiger partial charge < -0.3 is 11.1 Å². The first-order valence-corrected chi connectivity index (χ1v) is 5.39. The molecule has 0 aliphatic heterocycles. The highest BCUT2D eigenvalue weighted by atomic mass is 35.5. The molecule has 0 radical (unpaired) electrons. The normalized spacial score (nSPS) is 9.86. The van der Waals surface area contributed by atoms with Gasteiger partial charge in [0.1, 0.15) is 0 Å². The zero-order valence-corrected chi connectivity index (χ0v) is 9.28. The van der Waals surface area contributed by atoms with E-state index in [1.54, 1.807) is 25.2 Å². The Bertz CT molecular complexity index is 323. The Kier molecular flexibility index (Phi) is 4.10. The van der Waals surface area contributed by atoms with E-state index in [0.29, 0.717) is 16.5 Å². The molecule has 1 rings (SSSR count). The molecule has 3 N–H and O–H groups in total. The van der Waals surface area contributed by atoms with E-state index in [4.69, 9.17) is 17.3 Å². The summed E-state index contributed by atoms with van der Waals surface area (Å²) in [6.45, 7) is 0. The molecular weight excluding hydrogens is 220 g/mol. The number of anilines is 1. The van der Waals surface area contributed by atoms with Crippen LogP contribution < -0.4 is 11.1 Å². The van der Waals surface area contributed by atoms with Gasteiger partial charge in [-0.25, -0.2) is 0 Å². The molecule has 0 saturated heterocycles. The van der Waals surface area contributed by atoms with Crippen molar-refractivity contribution < 1.29 is 4.79 Å². The number of rotatable bonds is 3. The van der Waals surface area contributed by atoms with Crippen LogP contribution in [0.4, 0.5) is 5.69 Å². The fourth-order valence-corrected chi connectivity index (χ4v) is 2.09. The van der Waals surface area contributed by atoms with E-state index in [-0.39, 0.29) is 5.91 Å². The minimum atomic E-state index is -0.0469. The van der Waals surface area contributed by atoms with Gasteiger partial charge >= 0.3 is 0 Å². The molecule has 1 amide bonds. The molecule has 1 aromatic rings. The van der Waals surface area contributed by atoms with Crippen LogP contribution in [0.3, 0.4) is 0 Å². The van der Waals surface area contributed by atoms with Gasteiger partial charge in [0, 0.05) is 17.6 Å². The molecule has 0 unspecified atom stereocenters. The summed E-state index contributed by atoms with van der Waals surface area (Å²) in [5.41, 5.74) is 6.32. The predicted molar refractivity (Wildman–Crippen MR) is 60.7 cm³/mol. The van der Waals surface area contributed by atoms with Crippen molar-refractivity contribution in [2.45, 2.75) is 4.90 Å². The summed E-state index contributed by atoms with van der Waals surface area (Å²) < 4.78 is 0. The van der Waals surface area contributed by atoms with Crippen molar-refractivity contribution in [1.29, 1.82) is 0 Å². The lowest BCUT2D eigenvalue weighted by atomic mass is 10.3. The van der Waals surface area contributed by atoms with Crippen LogP contribution in [-0.2, 0) is 4.79 Å². The molecule has 0 heterocycles. The number of amides is 1. The molecule has 0 saturated carbocycles. The molecular formula is C9H11ClN2OS. The Balaban J connectivity index is 2.71. The van der Waals surface area contributed by atoms with Crippen molar-refractivity contribution in [2.75, 3.05) is 18.5 Å². The van der Waals surface area contributed by atoms with Crippen LogP contribution in [0.1, 0.15) is 0 Å². The zero-order valence-electron chi connectivity index (χ0n) is 7.71. The maximum atomic E-state index is 11.0. The predicted octanol–water partition coefficient (Wildman–Crippen LogP) is 1.76. The van der Waals surface area contributed by atoms with Gasteiger partial charge in [-0.15, -0.1) is 11.8 Å². The molecule has 14 heavy (non-hydrogen) atoms. The molecule has 0 atom stereocenters. The first kappa shape index (κ1) is 11.2. The van der Waals surface area contributed by atoms with Crippen molar-refractivity contribution in [3.05, 3.63) is 23.2 Å². The molecule has 5 heteroatoms. The highest BCUT2D eigenvalue weighted by Gasteiger charge is 2.07.